The molecule has 2 aromatic rings. The van der Waals surface area contributed by atoms with E-state index < -0.39 is 82.1 Å². The van der Waals surface area contributed by atoms with Crippen LogP contribution in [0.2, 0.25) is 0 Å². The summed E-state index contributed by atoms with van der Waals surface area (Å²) in [6.45, 7) is 3.99. The summed E-state index contributed by atoms with van der Waals surface area (Å²) in [5, 5.41) is 28.9. The number of rotatable bonds is 9. The number of phenols is 1. The van der Waals surface area contributed by atoms with Crippen molar-refractivity contribution in [3.63, 3.8) is 0 Å². The molecule has 0 aliphatic heterocycles. The first-order valence-corrected chi connectivity index (χ1v) is 15.3. The van der Waals surface area contributed by atoms with E-state index in [1.165, 1.54) is 25.1 Å². The third-order valence-electron chi connectivity index (χ3n) is 9.66. The number of ketones is 4. The van der Waals surface area contributed by atoms with Crippen molar-refractivity contribution in [2.24, 2.45) is 29.4 Å². The minimum absolute atomic E-state index is 0.0492. The van der Waals surface area contributed by atoms with Crippen molar-refractivity contribution >= 4 is 46.3 Å². The van der Waals surface area contributed by atoms with Gasteiger partial charge in [0.1, 0.15) is 11.8 Å². The van der Waals surface area contributed by atoms with Crippen molar-refractivity contribution in [1.82, 2.24) is 10.2 Å². The predicted molar refractivity (Wildman–Crippen MR) is 172 cm³/mol. The summed E-state index contributed by atoms with van der Waals surface area (Å²) >= 11 is 0. The molecule has 3 aliphatic rings. The number of primary amides is 1. The van der Waals surface area contributed by atoms with Crippen LogP contribution in [0, 0.1) is 23.7 Å². The number of aliphatic hydroxyl groups is 1. The van der Waals surface area contributed by atoms with Gasteiger partial charge in [-0.1, -0.05) is 24.3 Å². The molecule has 7 atom stereocenters. The van der Waals surface area contributed by atoms with Gasteiger partial charge in [0.25, 0.3) is 0 Å². The van der Waals surface area contributed by atoms with Gasteiger partial charge in [0.15, 0.2) is 34.7 Å². The second-order valence-electron chi connectivity index (χ2n) is 12.9. The van der Waals surface area contributed by atoms with E-state index in [0.29, 0.717) is 17.7 Å². The number of hydrogen-bond donors (Lipinski definition) is 5. The number of nitrogens with two attached hydrogens (primary N) is 1. The van der Waals surface area contributed by atoms with Crippen LogP contribution in [0.5, 0.6) is 5.75 Å². The lowest BCUT2D eigenvalue weighted by Gasteiger charge is -2.52. The Morgan fingerprint density at radius 3 is 2.30 bits per heavy atom. The molecule has 0 saturated heterocycles. The van der Waals surface area contributed by atoms with Crippen LogP contribution in [0.25, 0.3) is 0 Å². The third kappa shape index (κ3) is 5.43. The Morgan fingerprint density at radius 1 is 1.06 bits per heavy atom. The molecule has 13 heteroatoms. The van der Waals surface area contributed by atoms with E-state index in [1.54, 1.807) is 24.3 Å². The topological polar surface area (TPSA) is 199 Å². The van der Waals surface area contributed by atoms with Crippen LogP contribution in [0.3, 0.4) is 0 Å². The molecule has 0 heterocycles. The van der Waals surface area contributed by atoms with Gasteiger partial charge >= 0.3 is 0 Å². The summed E-state index contributed by atoms with van der Waals surface area (Å²) in [7, 11) is 6.84. The van der Waals surface area contributed by atoms with Gasteiger partial charge in [-0.05, 0) is 62.2 Å². The van der Waals surface area contributed by atoms with Gasteiger partial charge in [-0.15, -0.1) is 6.58 Å². The molecule has 5 rings (SSSR count). The lowest BCUT2D eigenvalue weighted by atomic mass is 9.52. The highest BCUT2D eigenvalue weighted by atomic mass is 16.3. The van der Waals surface area contributed by atoms with Gasteiger partial charge in [0.05, 0.1) is 23.2 Å². The Balaban J connectivity index is 1.48. The van der Waals surface area contributed by atoms with E-state index in [9.17, 15) is 39.0 Å². The summed E-state index contributed by atoms with van der Waals surface area (Å²) in [6.07, 6.45) is 1.67. The minimum atomic E-state index is -2.81. The molecule has 0 spiro atoms. The van der Waals surface area contributed by atoms with E-state index in [1.807, 2.05) is 31.1 Å². The lowest BCUT2D eigenvalue weighted by Crippen LogP contribution is -2.74. The minimum Gasteiger partial charge on any atom is -0.505 e. The zero-order valence-electron chi connectivity index (χ0n) is 26.6. The quantitative estimate of drug-likeness (QED) is 0.144. The zero-order chi connectivity index (χ0) is 34.5. The van der Waals surface area contributed by atoms with Crippen molar-refractivity contribution in [2.75, 3.05) is 45.0 Å². The Labute approximate surface area is 271 Å². The molecule has 0 radical (unpaired) electrons. The summed E-state index contributed by atoms with van der Waals surface area (Å²) in [6, 6.07) is 8.31. The summed E-state index contributed by atoms with van der Waals surface area (Å²) in [5.41, 5.74) is 4.26. The number of benzene rings is 2. The molecule has 6 N–H and O–H groups in total. The first-order chi connectivity index (χ1) is 22.1. The van der Waals surface area contributed by atoms with Crippen LogP contribution >= 0.6 is 0 Å². The Kier molecular flexibility index (Phi) is 8.93. The second-order valence-corrected chi connectivity index (χ2v) is 12.9. The number of carbonyl (C=O) groups is 6. The van der Waals surface area contributed by atoms with Gasteiger partial charge in [-0.25, -0.2) is 0 Å². The van der Waals surface area contributed by atoms with Crippen LogP contribution in [0.4, 0.5) is 11.4 Å². The van der Waals surface area contributed by atoms with Gasteiger partial charge in [-0.3, -0.25) is 39.0 Å². The van der Waals surface area contributed by atoms with Gasteiger partial charge in [0.2, 0.25) is 11.8 Å². The molecule has 2 aromatic carbocycles. The zero-order valence-corrected chi connectivity index (χ0v) is 26.6. The molecular weight excluding hydrogens is 606 g/mol. The first-order valence-electron chi connectivity index (χ1n) is 15.3. The number of amides is 2. The number of hydrogen-bond acceptors (Lipinski definition) is 11. The average Bonchev–Trinajstić information content (AvgIpc) is 3.00. The molecule has 0 bridgehead atoms. The molecular formula is C34H39N5O8. The molecule has 3 aliphatic carbocycles. The van der Waals surface area contributed by atoms with E-state index >= 15 is 0 Å². The molecule has 47 heavy (non-hydrogen) atoms. The van der Waals surface area contributed by atoms with E-state index in [0.717, 1.165) is 5.69 Å². The molecule has 13 nitrogen and oxygen atoms in total. The van der Waals surface area contributed by atoms with Crippen LogP contribution in [-0.4, -0.2) is 96.4 Å². The fourth-order valence-electron chi connectivity index (χ4n) is 7.41. The van der Waals surface area contributed by atoms with Crippen molar-refractivity contribution < 1.29 is 39.0 Å². The van der Waals surface area contributed by atoms with Crippen LogP contribution in [0.15, 0.2) is 49.1 Å². The summed E-state index contributed by atoms with van der Waals surface area (Å²) in [4.78, 5) is 83.8. The Bertz CT molecular complexity index is 1690. The number of likely N-dealkylation sites (N-methyl/N-ethyl adjacent to an activating group) is 1. The number of fused-ring (bicyclic) bond motifs is 3. The molecule has 248 valence electrons. The SMILES string of the molecule is C=CCNC(C(=O)Nc1ccc2c(c1O)C(=O)C1C(=O)[C@]3(O)C(=O)C(C(N)=O)C(=O)[C@@H](N(C)C)C3CC1C2)c1ccc(N(C)C)cc1. The van der Waals surface area contributed by atoms with E-state index in [4.69, 9.17) is 5.73 Å². The molecule has 2 saturated carbocycles. The fourth-order valence-corrected chi connectivity index (χ4v) is 7.41. The van der Waals surface area contributed by atoms with Gasteiger partial charge in [0, 0.05) is 32.2 Å². The average molecular weight is 646 g/mol. The molecule has 5 unspecified atom stereocenters. The maximum Gasteiger partial charge on any atom is 0.246 e. The number of anilines is 2. The predicted octanol–water partition coefficient (Wildman–Crippen LogP) is 0.388. The summed E-state index contributed by atoms with van der Waals surface area (Å²) in [5.74, 6) is -12.0. The number of aromatic hydroxyl groups is 1. The molecule has 2 fully saturated rings. The van der Waals surface area contributed by atoms with Crippen molar-refractivity contribution in [1.29, 1.82) is 0 Å². The van der Waals surface area contributed by atoms with Crippen LogP contribution in [0.1, 0.15) is 33.9 Å². The monoisotopic (exact) mass is 645 g/mol. The number of Topliss-reactive ketones (excluding diaryl/α,β-unsaturated/α-hetero) is 4. The van der Waals surface area contributed by atoms with E-state index in [-0.39, 0.29) is 24.1 Å². The maximum atomic E-state index is 14.0. The Hall–Kier alpha value is -4.72. The van der Waals surface area contributed by atoms with Crippen molar-refractivity contribution in [3.8, 4) is 5.75 Å². The Morgan fingerprint density at radius 2 is 1.72 bits per heavy atom. The lowest BCUT2D eigenvalue weighted by molar-refractivity contribution is -0.181. The smallest absolute Gasteiger partial charge is 0.246 e. The van der Waals surface area contributed by atoms with Gasteiger partial charge in [-0.2, -0.15) is 0 Å². The highest BCUT2D eigenvalue weighted by molar-refractivity contribution is 6.32. The molecule has 2 amide bonds. The third-order valence-corrected chi connectivity index (χ3v) is 9.66. The normalized spacial score (nSPS) is 27.4. The standard InChI is InChI=1S/C34H39N5O8/c1-6-13-36-25(16-7-10-19(11-8-16)38(2)3)33(46)37-21-12-9-17-14-18-15-20-26(39(4)5)29(42)24(32(35)45)31(44)34(20,47)30(43)23(18)28(41)22(17)27(21)40/h6-12,18,20,23-26,36,40,47H,1,13-15H2,2-5H3,(H2,35,45)(H,37,46)/t18?,20?,23?,24?,25?,26-,34-/m0/s1. The van der Waals surface area contributed by atoms with Gasteiger partial charge < -0.3 is 26.2 Å². The van der Waals surface area contributed by atoms with Crippen LogP contribution in [-0.2, 0) is 30.4 Å². The number of nitrogens with one attached hydrogen (secondary N) is 2. The second kappa shape index (κ2) is 12.5. The first kappa shape index (κ1) is 33.6. The van der Waals surface area contributed by atoms with Crippen molar-refractivity contribution in [2.45, 2.75) is 30.5 Å². The van der Waals surface area contributed by atoms with E-state index in [2.05, 4.69) is 17.2 Å². The molecule has 0 aromatic heterocycles. The highest BCUT2D eigenvalue weighted by Crippen LogP contribution is 2.51. The number of carbonyl (C=O) groups excluding carboxylic acids is 6. The largest absolute Gasteiger partial charge is 0.505 e. The maximum absolute atomic E-state index is 14.0. The van der Waals surface area contributed by atoms with Crippen molar-refractivity contribution in [3.05, 3.63) is 65.7 Å². The highest BCUT2D eigenvalue weighted by Gasteiger charge is 2.69. The number of phenolic OH excluding ortho intramolecular Hbond substituents is 1. The fraction of sp³-hybridized carbons (Fsp3) is 0.412. The van der Waals surface area contributed by atoms with Crippen LogP contribution < -0.4 is 21.3 Å². The number of nitrogens with zero attached hydrogens (tertiary/aromatic N) is 2. The summed E-state index contributed by atoms with van der Waals surface area (Å²) < 4.78 is 0.